The van der Waals surface area contributed by atoms with Crippen molar-refractivity contribution in [2.24, 2.45) is 0 Å². The van der Waals surface area contributed by atoms with Crippen molar-refractivity contribution >= 4 is 34.2 Å². The van der Waals surface area contributed by atoms with Crippen LogP contribution in [0.1, 0.15) is 51.6 Å². The highest BCUT2D eigenvalue weighted by molar-refractivity contribution is 7.18. The zero-order valence-corrected chi connectivity index (χ0v) is 16.6. The van der Waals surface area contributed by atoms with E-state index in [0.29, 0.717) is 12.0 Å². The summed E-state index contributed by atoms with van der Waals surface area (Å²) in [7, 11) is 0. The first-order chi connectivity index (χ1) is 12.9. The number of nitrogens with one attached hydrogen (secondary N) is 1. The first-order valence-corrected chi connectivity index (χ1v) is 9.46. The van der Waals surface area contributed by atoms with Crippen molar-refractivity contribution in [3.63, 3.8) is 0 Å². The molecule has 2 aromatic heterocycles. The molecule has 0 aliphatic rings. The van der Waals surface area contributed by atoms with Crippen molar-refractivity contribution in [3.05, 3.63) is 34.0 Å². The lowest BCUT2D eigenvalue weighted by atomic mass is 10.1. The summed E-state index contributed by atoms with van der Waals surface area (Å²) in [5.74, 6) is -1.47. The smallest absolute Gasteiger partial charge is 0.348 e. The Kier molecular flexibility index (Phi) is 7.12. The molecule has 27 heavy (non-hydrogen) atoms. The van der Waals surface area contributed by atoms with Crippen LogP contribution in [0.4, 0.5) is 5.00 Å². The van der Waals surface area contributed by atoms with E-state index < -0.39 is 11.9 Å². The van der Waals surface area contributed by atoms with E-state index in [9.17, 15) is 14.4 Å². The van der Waals surface area contributed by atoms with Crippen LogP contribution in [0.5, 0.6) is 0 Å². The molecule has 8 nitrogen and oxygen atoms in total. The average Bonchev–Trinajstić information content (AvgIpc) is 3.16. The number of amides is 1. The Labute approximate surface area is 161 Å². The van der Waals surface area contributed by atoms with E-state index in [4.69, 9.17) is 9.47 Å². The minimum absolute atomic E-state index is 0.00598. The second kappa shape index (κ2) is 9.31. The molecule has 0 saturated heterocycles. The van der Waals surface area contributed by atoms with E-state index in [1.165, 1.54) is 4.68 Å². The molecule has 0 aromatic carbocycles. The number of aromatic nitrogens is 2. The van der Waals surface area contributed by atoms with Crippen LogP contribution in [-0.2, 0) is 20.8 Å². The van der Waals surface area contributed by atoms with Gasteiger partial charge in [-0.1, -0.05) is 6.92 Å². The molecule has 1 amide bonds. The molecule has 0 radical (unpaired) electrons. The first-order valence-electron chi connectivity index (χ1n) is 8.64. The molecule has 0 spiro atoms. The zero-order valence-electron chi connectivity index (χ0n) is 15.8. The van der Waals surface area contributed by atoms with Gasteiger partial charge >= 0.3 is 11.9 Å². The van der Waals surface area contributed by atoms with Gasteiger partial charge in [0.15, 0.2) is 0 Å². The van der Waals surface area contributed by atoms with Crippen LogP contribution in [-0.4, -0.2) is 40.8 Å². The van der Waals surface area contributed by atoms with Crippen molar-refractivity contribution in [3.8, 4) is 0 Å². The minimum Gasteiger partial charge on any atom is -0.462 e. The molecule has 1 N–H and O–H groups in total. The number of anilines is 1. The Hall–Kier alpha value is -2.68. The van der Waals surface area contributed by atoms with Crippen LogP contribution in [0, 0.1) is 13.8 Å². The van der Waals surface area contributed by atoms with Gasteiger partial charge in [-0.05, 0) is 38.8 Å². The average molecular weight is 393 g/mol. The number of nitrogens with zero attached hydrogens (tertiary/aromatic N) is 2. The van der Waals surface area contributed by atoms with E-state index in [1.807, 2.05) is 13.8 Å². The normalized spacial score (nSPS) is 10.5. The van der Waals surface area contributed by atoms with E-state index in [2.05, 4.69) is 10.4 Å². The lowest BCUT2D eigenvalue weighted by molar-refractivity contribution is -0.116. The van der Waals surface area contributed by atoms with Crippen LogP contribution in [0.3, 0.4) is 0 Å². The van der Waals surface area contributed by atoms with Gasteiger partial charge in [-0.3, -0.25) is 9.48 Å². The molecular weight excluding hydrogens is 370 g/mol. The van der Waals surface area contributed by atoms with Gasteiger partial charge in [0.05, 0.1) is 18.8 Å². The standard InChI is InChI=1S/C18H23N3O5S/c1-5-9-26-17(23)14-12(4)15(18(24)25-6-2)27-16(14)20-13(22)10-21-11(3)7-8-19-21/h7-8H,5-6,9-10H2,1-4H3,(H,20,22). The minimum atomic E-state index is -0.577. The number of carbonyl (C=O) groups excluding carboxylic acids is 3. The molecule has 0 unspecified atom stereocenters. The lowest BCUT2D eigenvalue weighted by Crippen LogP contribution is -2.21. The third kappa shape index (κ3) is 4.94. The predicted octanol–water partition coefficient (Wildman–Crippen LogP) is 2.94. The van der Waals surface area contributed by atoms with Crippen molar-refractivity contribution in [2.45, 2.75) is 40.7 Å². The van der Waals surface area contributed by atoms with Crippen LogP contribution in [0.15, 0.2) is 12.3 Å². The number of hydrogen-bond acceptors (Lipinski definition) is 7. The van der Waals surface area contributed by atoms with Gasteiger partial charge < -0.3 is 14.8 Å². The Morgan fingerprint density at radius 2 is 1.93 bits per heavy atom. The largest absolute Gasteiger partial charge is 0.462 e. The molecule has 0 saturated carbocycles. The van der Waals surface area contributed by atoms with E-state index >= 15 is 0 Å². The quantitative estimate of drug-likeness (QED) is 0.692. The third-order valence-corrected chi connectivity index (χ3v) is 4.91. The molecule has 0 fully saturated rings. The number of hydrogen-bond donors (Lipinski definition) is 1. The van der Waals surface area contributed by atoms with Gasteiger partial charge in [0, 0.05) is 11.9 Å². The van der Waals surface area contributed by atoms with Crippen molar-refractivity contribution < 1.29 is 23.9 Å². The Balaban J connectivity index is 2.30. The van der Waals surface area contributed by atoms with Gasteiger partial charge in [0.25, 0.3) is 0 Å². The Bertz CT molecular complexity index is 840. The van der Waals surface area contributed by atoms with Gasteiger partial charge in [0.1, 0.15) is 16.4 Å². The van der Waals surface area contributed by atoms with Crippen molar-refractivity contribution in [2.75, 3.05) is 18.5 Å². The van der Waals surface area contributed by atoms with E-state index in [-0.39, 0.29) is 41.1 Å². The highest BCUT2D eigenvalue weighted by Crippen LogP contribution is 2.34. The SMILES string of the molecule is CCCOC(=O)c1c(NC(=O)Cn2nccc2C)sc(C(=O)OCC)c1C. The number of carbonyl (C=O) groups is 3. The topological polar surface area (TPSA) is 99.5 Å². The van der Waals surface area contributed by atoms with Crippen LogP contribution < -0.4 is 5.32 Å². The van der Waals surface area contributed by atoms with E-state index in [0.717, 1.165) is 17.0 Å². The molecule has 146 valence electrons. The summed E-state index contributed by atoms with van der Waals surface area (Å²) in [5.41, 5.74) is 1.45. The molecule has 0 atom stereocenters. The fourth-order valence-corrected chi connectivity index (χ4v) is 3.48. The summed E-state index contributed by atoms with van der Waals surface area (Å²) in [5, 5.41) is 7.04. The summed E-state index contributed by atoms with van der Waals surface area (Å²) in [6, 6.07) is 1.79. The van der Waals surface area contributed by atoms with Crippen LogP contribution >= 0.6 is 11.3 Å². The maximum Gasteiger partial charge on any atom is 0.348 e. The van der Waals surface area contributed by atoms with Crippen LogP contribution in [0.2, 0.25) is 0 Å². The van der Waals surface area contributed by atoms with Gasteiger partial charge in [-0.2, -0.15) is 5.10 Å². The predicted molar refractivity (Wildman–Crippen MR) is 101 cm³/mol. The highest BCUT2D eigenvalue weighted by atomic mass is 32.1. The number of ether oxygens (including phenoxy) is 2. The second-order valence-corrected chi connectivity index (χ2v) is 6.82. The molecule has 2 heterocycles. The number of thiophene rings is 1. The monoisotopic (exact) mass is 393 g/mol. The van der Waals surface area contributed by atoms with Crippen molar-refractivity contribution in [1.29, 1.82) is 0 Å². The fourth-order valence-electron chi connectivity index (χ4n) is 2.37. The lowest BCUT2D eigenvalue weighted by Gasteiger charge is -2.08. The molecule has 2 rings (SSSR count). The summed E-state index contributed by atoms with van der Waals surface area (Å²) in [4.78, 5) is 37.3. The summed E-state index contributed by atoms with van der Waals surface area (Å²) >= 11 is 1.00. The molecule has 2 aromatic rings. The third-order valence-electron chi connectivity index (χ3n) is 3.72. The summed E-state index contributed by atoms with van der Waals surface area (Å²) in [6.07, 6.45) is 2.27. The van der Waals surface area contributed by atoms with Gasteiger partial charge in [0.2, 0.25) is 5.91 Å². The number of aryl methyl sites for hydroxylation is 1. The van der Waals surface area contributed by atoms with Crippen molar-refractivity contribution in [1.82, 2.24) is 9.78 Å². The Morgan fingerprint density at radius 3 is 2.52 bits per heavy atom. The zero-order chi connectivity index (χ0) is 20.0. The maximum atomic E-state index is 12.5. The number of rotatable bonds is 8. The van der Waals surface area contributed by atoms with Gasteiger partial charge in [-0.25, -0.2) is 9.59 Å². The molecule has 9 heteroatoms. The van der Waals surface area contributed by atoms with E-state index in [1.54, 1.807) is 26.1 Å². The number of esters is 2. The summed E-state index contributed by atoms with van der Waals surface area (Å²) in [6.45, 7) is 7.52. The molecule has 0 aliphatic heterocycles. The fraction of sp³-hybridized carbons (Fsp3) is 0.444. The molecular formula is C18H23N3O5S. The first kappa shape index (κ1) is 20.6. The molecule has 0 aliphatic carbocycles. The van der Waals surface area contributed by atoms with Crippen LogP contribution in [0.25, 0.3) is 0 Å². The second-order valence-electron chi connectivity index (χ2n) is 5.80. The maximum absolute atomic E-state index is 12.5. The summed E-state index contributed by atoms with van der Waals surface area (Å²) < 4.78 is 11.8. The highest BCUT2D eigenvalue weighted by Gasteiger charge is 2.27. The molecule has 0 bridgehead atoms. The Morgan fingerprint density at radius 1 is 1.19 bits per heavy atom. The van der Waals surface area contributed by atoms with Gasteiger partial charge in [-0.15, -0.1) is 11.3 Å².